The lowest BCUT2D eigenvalue weighted by Gasteiger charge is -2.34. The molecule has 2 aromatic carbocycles. The number of ketones is 1. The Kier molecular flexibility index (Phi) is 7.06. The van der Waals surface area contributed by atoms with Gasteiger partial charge in [0.25, 0.3) is 0 Å². The summed E-state index contributed by atoms with van der Waals surface area (Å²) in [6.45, 7) is 5.74. The lowest BCUT2D eigenvalue weighted by Crippen LogP contribution is -3.16. The fourth-order valence-electron chi connectivity index (χ4n) is 3.52. The van der Waals surface area contributed by atoms with Crippen LogP contribution in [0.4, 0.5) is 10.1 Å². The first kappa shape index (κ1) is 21.1. The van der Waals surface area contributed by atoms with E-state index in [1.807, 2.05) is 0 Å². The summed E-state index contributed by atoms with van der Waals surface area (Å²) in [6, 6.07) is 11.6. The van der Waals surface area contributed by atoms with E-state index in [4.69, 9.17) is 9.47 Å². The van der Waals surface area contributed by atoms with Gasteiger partial charge in [-0.15, -0.1) is 0 Å². The number of aliphatic hydroxyl groups excluding tert-OH is 1. The highest BCUT2D eigenvalue weighted by atomic mass is 19.1. The van der Waals surface area contributed by atoms with Crippen LogP contribution in [-0.4, -0.2) is 63.4 Å². The normalized spacial score (nSPS) is 15.8. The minimum Gasteiger partial charge on any atom is -0.493 e. The largest absolute Gasteiger partial charge is 0.493 e. The minimum atomic E-state index is -0.612. The van der Waals surface area contributed by atoms with Gasteiger partial charge in [-0.3, -0.25) is 4.79 Å². The third-order valence-electron chi connectivity index (χ3n) is 5.19. The Morgan fingerprint density at radius 3 is 2.48 bits per heavy atom. The molecule has 1 atom stereocenters. The number of aliphatic hydroxyl groups is 1. The number of piperazine rings is 1. The standard InChI is InChI=1S/C22H27FN2O4/c1-16(26)17-3-8-21(22(13-17)28-2)29-15-20(27)14-24-9-11-25(12-10-24)19-6-4-18(23)5-7-19/h3-8,13,20,27H,9-12,14-15H2,1-2H3/p+1. The molecule has 0 spiro atoms. The average molecular weight is 403 g/mol. The van der Waals surface area contributed by atoms with Gasteiger partial charge in [-0.05, 0) is 49.4 Å². The van der Waals surface area contributed by atoms with Gasteiger partial charge < -0.3 is 24.4 Å². The zero-order valence-electron chi connectivity index (χ0n) is 16.9. The molecule has 2 aromatic rings. The third-order valence-corrected chi connectivity index (χ3v) is 5.19. The van der Waals surface area contributed by atoms with Gasteiger partial charge in [0.2, 0.25) is 0 Å². The summed E-state index contributed by atoms with van der Waals surface area (Å²) in [7, 11) is 1.52. The highest BCUT2D eigenvalue weighted by Gasteiger charge is 2.23. The van der Waals surface area contributed by atoms with Crippen molar-refractivity contribution in [1.82, 2.24) is 0 Å². The number of carbonyl (C=O) groups is 1. The molecular weight excluding hydrogens is 375 g/mol. The van der Waals surface area contributed by atoms with Gasteiger partial charge >= 0.3 is 0 Å². The fraction of sp³-hybridized carbons (Fsp3) is 0.409. The van der Waals surface area contributed by atoms with E-state index in [2.05, 4.69) is 4.90 Å². The molecule has 156 valence electrons. The van der Waals surface area contributed by atoms with E-state index < -0.39 is 6.10 Å². The minimum absolute atomic E-state index is 0.0433. The zero-order chi connectivity index (χ0) is 20.8. The number of benzene rings is 2. The molecule has 1 aliphatic heterocycles. The van der Waals surface area contributed by atoms with E-state index in [0.29, 0.717) is 23.6 Å². The number of ether oxygens (including phenoxy) is 2. The first-order valence-corrected chi connectivity index (χ1v) is 9.80. The molecule has 1 unspecified atom stereocenters. The number of carbonyl (C=O) groups excluding carboxylic acids is 1. The summed E-state index contributed by atoms with van der Waals surface area (Å²) in [5, 5.41) is 10.4. The van der Waals surface area contributed by atoms with Gasteiger partial charge in [0.15, 0.2) is 17.3 Å². The molecule has 0 saturated carbocycles. The van der Waals surface area contributed by atoms with Gasteiger partial charge in [0.1, 0.15) is 25.1 Å². The van der Waals surface area contributed by atoms with Crippen molar-refractivity contribution in [2.45, 2.75) is 13.0 Å². The van der Waals surface area contributed by atoms with E-state index >= 15 is 0 Å². The van der Waals surface area contributed by atoms with Crippen molar-refractivity contribution in [3.8, 4) is 11.5 Å². The number of anilines is 1. The summed E-state index contributed by atoms with van der Waals surface area (Å²) in [4.78, 5) is 15.0. The number of methoxy groups -OCH3 is 1. The number of rotatable bonds is 8. The molecule has 6 nitrogen and oxygen atoms in total. The summed E-state index contributed by atoms with van der Waals surface area (Å²) >= 11 is 0. The molecule has 1 aliphatic rings. The van der Waals surface area contributed by atoms with Gasteiger partial charge in [-0.25, -0.2) is 4.39 Å². The second-order valence-corrected chi connectivity index (χ2v) is 7.30. The van der Waals surface area contributed by atoms with Crippen molar-refractivity contribution in [3.63, 3.8) is 0 Å². The van der Waals surface area contributed by atoms with Gasteiger partial charge in [-0.2, -0.15) is 0 Å². The topological polar surface area (TPSA) is 63.4 Å². The number of hydrogen-bond donors (Lipinski definition) is 2. The highest BCUT2D eigenvalue weighted by molar-refractivity contribution is 5.94. The van der Waals surface area contributed by atoms with E-state index in [-0.39, 0.29) is 18.2 Å². The Bertz CT molecular complexity index is 820. The van der Waals surface area contributed by atoms with Crippen molar-refractivity contribution in [1.29, 1.82) is 0 Å². The third kappa shape index (κ3) is 5.68. The van der Waals surface area contributed by atoms with Crippen molar-refractivity contribution < 1.29 is 28.7 Å². The van der Waals surface area contributed by atoms with E-state index in [0.717, 1.165) is 31.9 Å². The van der Waals surface area contributed by atoms with Crippen LogP contribution in [0.2, 0.25) is 0 Å². The van der Waals surface area contributed by atoms with E-state index in [1.165, 1.54) is 31.1 Å². The summed E-state index contributed by atoms with van der Waals surface area (Å²) < 4.78 is 24.1. The second kappa shape index (κ2) is 9.71. The number of Topliss-reactive ketones (excluding diaryl/α,β-unsaturated/α-hetero) is 1. The smallest absolute Gasteiger partial charge is 0.161 e. The Balaban J connectivity index is 1.46. The van der Waals surface area contributed by atoms with Gasteiger partial charge in [0.05, 0.1) is 33.3 Å². The summed E-state index contributed by atoms with van der Waals surface area (Å²) in [5.41, 5.74) is 1.58. The number of hydrogen-bond acceptors (Lipinski definition) is 5. The maximum atomic E-state index is 13.1. The first-order chi connectivity index (χ1) is 14.0. The molecular formula is C22H28FN2O4+. The summed E-state index contributed by atoms with van der Waals surface area (Å²) in [6.07, 6.45) is -0.612. The van der Waals surface area contributed by atoms with Crippen molar-refractivity contribution in [3.05, 3.63) is 53.8 Å². The molecule has 0 bridgehead atoms. The molecule has 0 aliphatic carbocycles. The van der Waals surface area contributed by atoms with Crippen molar-refractivity contribution >= 4 is 11.5 Å². The maximum absolute atomic E-state index is 13.1. The second-order valence-electron chi connectivity index (χ2n) is 7.30. The van der Waals surface area contributed by atoms with Gasteiger partial charge in [-0.1, -0.05) is 0 Å². The lowest BCUT2D eigenvalue weighted by atomic mass is 10.1. The molecule has 7 heteroatoms. The predicted molar refractivity (Wildman–Crippen MR) is 109 cm³/mol. The maximum Gasteiger partial charge on any atom is 0.161 e. The van der Waals surface area contributed by atoms with Crippen molar-refractivity contribution in [2.75, 3.05) is 51.3 Å². The van der Waals surface area contributed by atoms with Crippen LogP contribution in [-0.2, 0) is 0 Å². The van der Waals surface area contributed by atoms with Crippen LogP contribution in [0.1, 0.15) is 17.3 Å². The first-order valence-electron chi connectivity index (χ1n) is 9.80. The Morgan fingerprint density at radius 2 is 1.86 bits per heavy atom. The van der Waals surface area contributed by atoms with E-state index in [9.17, 15) is 14.3 Å². The van der Waals surface area contributed by atoms with Crippen LogP contribution in [0.15, 0.2) is 42.5 Å². The van der Waals surface area contributed by atoms with Crippen LogP contribution in [0, 0.1) is 5.82 Å². The SMILES string of the molecule is COc1cc(C(C)=O)ccc1OCC(O)C[NH+]1CCN(c2ccc(F)cc2)CC1. The fourth-order valence-corrected chi connectivity index (χ4v) is 3.52. The molecule has 1 saturated heterocycles. The monoisotopic (exact) mass is 403 g/mol. The Morgan fingerprint density at radius 1 is 1.17 bits per heavy atom. The predicted octanol–water partition coefficient (Wildman–Crippen LogP) is 1.18. The molecule has 29 heavy (non-hydrogen) atoms. The van der Waals surface area contributed by atoms with Gasteiger partial charge in [0, 0.05) is 11.3 Å². The number of nitrogens with one attached hydrogen (secondary N) is 1. The van der Waals surface area contributed by atoms with Crippen LogP contribution < -0.4 is 19.3 Å². The van der Waals surface area contributed by atoms with Crippen LogP contribution in [0.25, 0.3) is 0 Å². The molecule has 2 N–H and O–H groups in total. The van der Waals surface area contributed by atoms with E-state index in [1.54, 1.807) is 30.3 Å². The quantitative estimate of drug-likeness (QED) is 0.649. The molecule has 0 aromatic heterocycles. The Hall–Kier alpha value is -2.64. The van der Waals surface area contributed by atoms with Crippen LogP contribution in [0.5, 0.6) is 11.5 Å². The number of quaternary nitrogens is 1. The lowest BCUT2D eigenvalue weighted by molar-refractivity contribution is -0.903. The molecule has 1 heterocycles. The summed E-state index contributed by atoms with van der Waals surface area (Å²) in [5.74, 6) is 0.713. The number of halogens is 1. The average Bonchev–Trinajstić information content (AvgIpc) is 2.73. The van der Waals surface area contributed by atoms with Crippen molar-refractivity contribution in [2.24, 2.45) is 0 Å². The number of nitrogens with zero attached hydrogens (tertiary/aromatic N) is 1. The molecule has 0 amide bonds. The molecule has 0 radical (unpaired) electrons. The Labute approximate surface area is 170 Å². The zero-order valence-corrected chi connectivity index (χ0v) is 16.9. The van der Waals surface area contributed by atoms with Crippen LogP contribution >= 0.6 is 0 Å². The molecule has 3 rings (SSSR count). The van der Waals surface area contributed by atoms with Crippen LogP contribution in [0.3, 0.4) is 0 Å². The highest BCUT2D eigenvalue weighted by Crippen LogP contribution is 2.28. The molecule has 1 fully saturated rings.